The van der Waals surface area contributed by atoms with Gasteiger partial charge in [-0.05, 0) is 70.4 Å². The molecule has 0 bridgehead atoms. The number of para-hydroxylation sites is 1. The van der Waals surface area contributed by atoms with Crippen LogP contribution in [-0.4, -0.2) is 21.9 Å². The number of hydrogen-bond acceptors (Lipinski definition) is 3. The lowest BCUT2D eigenvalue weighted by atomic mass is 9.99. The van der Waals surface area contributed by atoms with Crippen molar-refractivity contribution in [1.29, 1.82) is 0 Å². The predicted octanol–water partition coefficient (Wildman–Crippen LogP) is 5.95. The lowest BCUT2D eigenvalue weighted by Gasteiger charge is -2.10. The first kappa shape index (κ1) is 19.6. The van der Waals surface area contributed by atoms with Gasteiger partial charge in [-0.1, -0.05) is 60.7 Å². The van der Waals surface area contributed by atoms with Gasteiger partial charge < -0.3 is 19.3 Å². The second kappa shape index (κ2) is 7.82. The highest BCUT2D eigenvalue weighted by Crippen LogP contribution is 2.35. The Morgan fingerprint density at radius 1 is 0.576 bits per heavy atom. The Morgan fingerprint density at radius 2 is 1.24 bits per heavy atom. The minimum absolute atomic E-state index is 0.396. The van der Waals surface area contributed by atoms with Gasteiger partial charge in [0.2, 0.25) is 0 Å². The second-order valence-electron chi connectivity index (χ2n) is 8.08. The van der Waals surface area contributed by atoms with Crippen LogP contribution in [0.2, 0.25) is 0 Å². The molecule has 6 aromatic rings. The third kappa shape index (κ3) is 3.44. The zero-order valence-electron chi connectivity index (χ0n) is 17.7. The van der Waals surface area contributed by atoms with E-state index in [0.717, 1.165) is 16.7 Å². The van der Waals surface area contributed by atoms with Crippen LogP contribution in [0.25, 0.3) is 49.4 Å². The van der Waals surface area contributed by atoms with Crippen LogP contribution >= 0.6 is 0 Å². The molecule has 1 aromatic heterocycles. The third-order valence-electron chi connectivity index (χ3n) is 6.09. The van der Waals surface area contributed by atoms with Crippen LogP contribution in [0.15, 0.2) is 109 Å². The number of fused-ring (bicyclic) bond motifs is 4. The van der Waals surface area contributed by atoms with Crippen molar-refractivity contribution >= 4 is 39.9 Å². The first-order valence-electron chi connectivity index (χ1n) is 10.8. The number of aromatic nitrogens is 1. The van der Waals surface area contributed by atoms with E-state index in [4.69, 9.17) is 14.7 Å². The fourth-order valence-electron chi connectivity index (χ4n) is 4.60. The van der Waals surface area contributed by atoms with Gasteiger partial charge in [0, 0.05) is 16.5 Å². The van der Waals surface area contributed by atoms with Crippen LogP contribution in [-0.2, 0) is 0 Å². The summed E-state index contributed by atoms with van der Waals surface area (Å²) in [6.07, 6.45) is 0. The van der Waals surface area contributed by atoms with Crippen LogP contribution in [0.3, 0.4) is 0 Å². The van der Waals surface area contributed by atoms with Gasteiger partial charge >= 0.3 is 7.32 Å². The summed E-state index contributed by atoms with van der Waals surface area (Å²) in [6, 6.07) is 37.3. The van der Waals surface area contributed by atoms with Gasteiger partial charge in [-0.15, -0.1) is 0 Å². The molecule has 0 unspecified atom stereocenters. The Kier molecular flexibility index (Phi) is 4.65. The van der Waals surface area contributed by atoms with Crippen molar-refractivity contribution in [2.75, 3.05) is 0 Å². The van der Waals surface area contributed by atoms with E-state index in [1.54, 1.807) is 12.1 Å². The van der Waals surface area contributed by atoms with Gasteiger partial charge in [-0.3, -0.25) is 0 Å². The lowest BCUT2D eigenvalue weighted by Crippen LogP contribution is -2.20. The van der Waals surface area contributed by atoms with Crippen LogP contribution in [0, 0.1) is 0 Å². The quantitative estimate of drug-likeness (QED) is 0.341. The minimum Gasteiger partial charge on any atom is -0.512 e. The summed E-state index contributed by atoms with van der Waals surface area (Å²) in [7, 11) is -1.84. The number of hydrogen-bond donors (Lipinski definition) is 2. The average Bonchev–Trinajstić information content (AvgIpc) is 3.18. The molecule has 5 heteroatoms. The Bertz CT molecular complexity index is 1620. The van der Waals surface area contributed by atoms with Crippen LogP contribution in [0.5, 0.6) is 5.75 Å². The Labute approximate surface area is 191 Å². The van der Waals surface area contributed by atoms with E-state index in [2.05, 4.69) is 83.4 Å². The molecule has 4 nitrogen and oxygen atoms in total. The fraction of sp³-hybridized carbons (Fsp3) is 0. The van der Waals surface area contributed by atoms with Crippen molar-refractivity contribution in [3.8, 4) is 22.6 Å². The normalized spacial score (nSPS) is 11.3. The number of nitrogens with zero attached hydrogens (tertiary/aromatic N) is 1. The van der Waals surface area contributed by atoms with Crippen LogP contribution < -0.4 is 4.65 Å². The number of rotatable bonds is 4. The molecule has 6 rings (SSSR count). The lowest BCUT2D eigenvalue weighted by molar-refractivity contribution is 0.288. The number of benzene rings is 5. The van der Waals surface area contributed by atoms with Crippen molar-refractivity contribution in [3.63, 3.8) is 0 Å². The Morgan fingerprint density at radius 3 is 2.06 bits per heavy atom. The molecule has 0 saturated heterocycles. The van der Waals surface area contributed by atoms with Crippen molar-refractivity contribution in [2.45, 2.75) is 0 Å². The summed E-state index contributed by atoms with van der Waals surface area (Å²) >= 11 is 0. The van der Waals surface area contributed by atoms with Gasteiger partial charge in [-0.25, -0.2) is 0 Å². The molecule has 33 heavy (non-hydrogen) atoms. The molecule has 1 heterocycles. The van der Waals surface area contributed by atoms with E-state index in [1.807, 2.05) is 18.2 Å². The standard InChI is InChI=1S/C28H20BNO3/c31-29(32)33-24-14-12-23(13-15-24)30-27-8-4-3-7-25(27)26-18-22(11-16-28(26)30)21-10-9-19-5-1-2-6-20(19)17-21/h1-18,31-32H. The van der Waals surface area contributed by atoms with E-state index in [9.17, 15) is 0 Å². The molecular formula is C28H20BNO3. The fourth-order valence-corrected chi connectivity index (χ4v) is 4.60. The van der Waals surface area contributed by atoms with Gasteiger partial charge in [-0.2, -0.15) is 0 Å². The first-order valence-corrected chi connectivity index (χ1v) is 10.8. The summed E-state index contributed by atoms with van der Waals surface area (Å²) in [5.74, 6) is 0.396. The third-order valence-corrected chi connectivity index (χ3v) is 6.09. The summed E-state index contributed by atoms with van der Waals surface area (Å²) in [6.45, 7) is 0. The minimum atomic E-state index is -1.84. The maximum Gasteiger partial charge on any atom is 0.707 e. The van der Waals surface area contributed by atoms with Gasteiger partial charge in [0.05, 0.1) is 11.0 Å². The Balaban J connectivity index is 1.52. The van der Waals surface area contributed by atoms with E-state index < -0.39 is 7.32 Å². The molecule has 0 aliphatic heterocycles. The molecular weight excluding hydrogens is 409 g/mol. The van der Waals surface area contributed by atoms with E-state index in [-0.39, 0.29) is 0 Å². The van der Waals surface area contributed by atoms with Crippen LogP contribution in [0.4, 0.5) is 0 Å². The topological polar surface area (TPSA) is 54.6 Å². The summed E-state index contributed by atoms with van der Waals surface area (Å²) in [5, 5.41) is 22.9. The molecule has 0 aliphatic rings. The molecule has 5 aromatic carbocycles. The highest BCUT2D eigenvalue weighted by Gasteiger charge is 2.14. The average molecular weight is 429 g/mol. The van der Waals surface area contributed by atoms with Crippen molar-refractivity contribution in [3.05, 3.63) is 109 Å². The van der Waals surface area contributed by atoms with Gasteiger partial charge in [0.25, 0.3) is 0 Å². The van der Waals surface area contributed by atoms with Crippen molar-refractivity contribution < 1.29 is 14.7 Å². The summed E-state index contributed by atoms with van der Waals surface area (Å²) in [4.78, 5) is 0. The smallest absolute Gasteiger partial charge is 0.512 e. The van der Waals surface area contributed by atoms with E-state index in [0.29, 0.717) is 5.75 Å². The molecule has 0 aliphatic carbocycles. The molecule has 158 valence electrons. The highest BCUT2D eigenvalue weighted by molar-refractivity contribution is 6.33. The molecule has 2 N–H and O–H groups in total. The predicted molar refractivity (Wildman–Crippen MR) is 135 cm³/mol. The van der Waals surface area contributed by atoms with Crippen molar-refractivity contribution in [2.24, 2.45) is 0 Å². The Hall–Kier alpha value is -4.06. The molecule has 0 radical (unpaired) electrons. The van der Waals surface area contributed by atoms with Crippen molar-refractivity contribution in [1.82, 2.24) is 4.57 Å². The molecule has 0 saturated carbocycles. The van der Waals surface area contributed by atoms with Gasteiger partial charge in [0.15, 0.2) is 0 Å². The van der Waals surface area contributed by atoms with Gasteiger partial charge in [0.1, 0.15) is 5.75 Å². The summed E-state index contributed by atoms with van der Waals surface area (Å²) in [5.41, 5.74) is 5.56. The molecule has 0 fully saturated rings. The maximum absolute atomic E-state index is 9.05. The summed E-state index contributed by atoms with van der Waals surface area (Å²) < 4.78 is 7.17. The second-order valence-corrected chi connectivity index (χ2v) is 8.08. The molecule has 0 spiro atoms. The molecule has 0 atom stereocenters. The zero-order valence-corrected chi connectivity index (χ0v) is 17.7. The monoisotopic (exact) mass is 429 g/mol. The van der Waals surface area contributed by atoms with E-state index >= 15 is 0 Å². The first-order chi connectivity index (χ1) is 16.2. The largest absolute Gasteiger partial charge is 0.707 e. The molecule has 0 amide bonds. The highest BCUT2D eigenvalue weighted by atomic mass is 16.6. The zero-order chi connectivity index (χ0) is 22.4. The SMILES string of the molecule is OB(O)Oc1ccc(-n2c3ccccc3c3cc(-c4ccc5ccccc5c4)ccc32)cc1. The van der Waals surface area contributed by atoms with Crippen LogP contribution in [0.1, 0.15) is 0 Å². The maximum atomic E-state index is 9.05. The van der Waals surface area contributed by atoms with E-state index in [1.165, 1.54) is 32.7 Å².